The second-order valence-electron chi connectivity index (χ2n) is 9.35. The molecule has 5 aliphatic rings. The van der Waals surface area contributed by atoms with Crippen molar-refractivity contribution in [1.29, 1.82) is 0 Å². The van der Waals surface area contributed by atoms with E-state index in [1.807, 2.05) is 20.8 Å². The summed E-state index contributed by atoms with van der Waals surface area (Å²) in [5.41, 5.74) is -5.89. The van der Waals surface area contributed by atoms with Gasteiger partial charge in [0.1, 0.15) is 17.8 Å². The zero-order valence-corrected chi connectivity index (χ0v) is 19.0. The number of hydrogen-bond acceptors (Lipinski definition) is 5. The Morgan fingerprint density at radius 2 is 2.00 bits per heavy atom. The number of thioether (sulfide) groups is 1. The molecule has 0 amide bonds. The number of allylic oxidation sites excluding steroid dienone is 4. The summed E-state index contributed by atoms with van der Waals surface area (Å²) in [5, 5.41) is 10.6. The average molecular weight is 459 g/mol. The summed E-state index contributed by atoms with van der Waals surface area (Å²) in [7, 11) is 0. The van der Waals surface area contributed by atoms with Gasteiger partial charge in [-0.2, -0.15) is 0 Å². The van der Waals surface area contributed by atoms with Crippen LogP contribution in [0.1, 0.15) is 47.0 Å². The lowest BCUT2D eigenvalue weighted by atomic mass is 9.47. The predicted octanol–water partition coefficient (Wildman–Crippen LogP) is 4.27. The summed E-state index contributed by atoms with van der Waals surface area (Å²) in [6.07, 6.45) is 0.904. The molecule has 0 aromatic heterocycles. The average Bonchev–Trinajstić information content (AvgIpc) is 3.34. The first kappa shape index (κ1) is 23.1. The number of ketones is 1. The maximum absolute atomic E-state index is 16.8. The molecule has 0 aromatic rings. The summed E-state index contributed by atoms with van der Waals surface area (Å²) in [6.45, 7) is 7.35. The fourth-order valence-corrected chi connectivity index (χ4v) is 7.86. The minimum Gasteiger partial charge on any atom is -0.390 e. The van der Waals surface area contributed by atoms with Gasteiger partial charge in [-0.3, -0.25) is 9.59 Å². The van der Waals surface area contributed by atoms with E-state index in [0.29, 0.717) is 18.2 Å². The number of halogens is 3. The molecule has 8 heteroatoms. The van der Waals surface area contributed by atoms with Crippen LogP contribution in [-0.2, 0) is 14.3 Å². The van der Waals surface area contributed by atoms with Crippen molar-refractivity contribution in [2.45, 2.75) is 76.1 Å². The van der Waals surface area contributed by atoms with Gasteiger partial charge >= 0.3 is 0 Å². The van der Waals surface area contributed by atoms with Gasteiger partial charge in [0, 0.05) is 17.8 Å². The molecule has 4 unspecified atom stereocenters. The van der Waals surface area contributed by atoms with Crippen LogP contribution in [0.3, 0.4) is 0 Å². The normalized spacial score (nSPS) is 51.4. The van der Waals surface area contributed by atoms with E-state index in [0.717, 1.165) is 6.08 Å². The lowest BCUT2D eigenvalue weighted by Crippen LogP contribution is -2.68. The van der Waals surface area contributed by atoms with Gasteiger partial charge in [-0.25, -0.2) is 13.2 Å². The smallest absolute Gasteiger partial charge is 0.226 e. The van der Waals surface area contributed by atoms with Crippen LogP contribution in [0.15, 0.2) is 23.8 Å². The second-order valence-corrected chi connectivity index (χ2v) is 10.2. The molecule has 4 fully saturated rings. The van der Waals surface area contributed by atoms with Crippen molar-refractivity contribution in [3.05, 3.63) is 23.8 Å². The van der Waals surface area contributed by atoms with Crippen LogP contribution in [-0.4, -0.2) is 51.2 Å². The van der Waals surface area contributed by atoms with Crippen LogP contribution in [0, 0.1) is 23.2 Å². The Morgan fingerprint density at radius 1 is 1.32 bits per heavy atom. The molecule has 4 aliphatic carbocycles. The maximum Gasteiger partial charge on any atom is 0.226 e. The summed E-state index contributed by atoms with van der Waals surface area (Å²) < 4.78 is 50.9. The molecule has 1 heterocycles. The number of hydrogen-bond donors (Lipinski definition) is 1. The van der Waals surface area contributed by atoms with Crippen LogP contribution in [0.25, 0.3) is 0 Å². The number of carbonyl (C=O) groups excluding carboxylic acids is 2. The summed E-state index contributed by atoms with van der Waals surface area (Å²) in [6, 6.07) is -0.881. The van der Waals surface area contributed by atoms with E-state index >= 15 is 8.78 Å². The zero-order valence-electron chi connectivity index (χ0n) is 18.2. The Hall–Kier alpha value is -1.12. The van der Waals surface area contributed by atoms with E-state index in [1.54, 1.807) is 0 Å². The molecule has 1 aliphatic heterocycles. The van der Waals surface area contributed by atoms with E-state index in [4.69, 9.17) is 4.74 Å². The van der Waals surface area contributed by atoms with Crippen molar-refractivity contribution in [3.8, 4) is 0 Å². The van der Waals surface area contributed by atoms with Crippen LogP contribution >= 0.6 is 11.8 Å². The van der Waals surface area contributed by atoms with E-state index in [2.05, 4.69) is 0 Å². The van der Waals surface area contributed by atoms with Gasteiger partial charge in [-0.1, -0.05) is 38.6 Å². The van der Waals surface area contributed by atoms with Crippen LogP contribution in [0.5, 0.6) is 0 Å². The zero-order chi connectivity index (χ0) is 23.0. The molecular weight excluding hydrogens is 429 g/mol. The number of carbonyl (C=O) groups is 2. The lowest BCUT2D eigenvalue weighted by Gasteiger charge is -2.59. The van der Waals surface area contributed by atoms with Gasteiger partial charge in [-0.15, -0.1) is 0 Å². The first-order chi connectivity index (χ1) is 14.6. The molecule has 9 atom stereocenters. The standard InChI is InChI=1S/C21H23F3O4S.C2H6/c1-10-5-12-13-7-15(23)14-6-11(25)3-4-18(14,2)20(13,24)16(26)8-19(12)21(10,28-19)17(27)29-9-22;1-2/h3-4,6,10,12-13,15-16,26H,5,7-9H2,1-2H3;1-2H3/t10-,12+,13?,15+,16?,18?,19?,20+,21+;/m1./s1. The van der Waals surface area contributed by atoms with Crippen molar-refractivity contribution in [1.82, 2.24) is 0 Å². The lowest BCUT2D eigenvalue weighted by molar-refractivity contribution is -0.187. The highest BCUT2D eigenvalue weighted by Gasteiger charge is 2.88. The van der Waals surface area contributed by atoms with E-state index in [9.17, 15) is 19.1 Å². The molecule has 3 saturated carbocycles. The van der Waals surface area contributed by atoms with Gasteiger partial charge in [0.05, 0.1) is 6.10 Å². The topological polar surface area (TPSA) is 66.9 Å². The Labute approximate surface area is 184 Å². The van der Waals surface area contributed by atoms with E-state index in [-0.39, 0.29) is 24.3 Å². The maximum atomic E-state index is 16.8. The third-order valence-electron chi connectivity index (χ3n) is 8.40. The minimum atomic E-state index is -2.19. The molecule has 0 aromatic carbocycles. The van der Waals surface area contributed by atoms with Crippen molar-refractivity contribution in [2.75, 3.05) is 6.01 Å². The Kier molecular flexibility index (Phi) is 5.35. The van der Waals surface area contributed by atoms with Gasteiger partial charge < -0.3 is 9.84 Å². The Balaban J connectivity index is 0.00000112. The van der Waals surface area contributed by atoms with Gasteiger partial charge in [-0.05, 0) is 49.3 Å². The molecule has 5 rings (SSSR count). The van der Waals surface area contributed by atoms with Gasteiger partial charge in [0.15, 0.2) is 17.1 Å². The number of rotatable bonds is 2. The monoisotopic (exact) mass is 458 g/mol. The number of alkyl halides is 3. The molecule has 0 bridgehead atoms. The first-order valence-electron chi connectivity index (χ1n) is 11.0. The third kappa shape index (κ3) is 2.53. The number of epoxide rings is 1. The molecule has 0 radical (unpaired) electrons. The largest absolute Gasteiger partial charge is 0.390 e. The Morgan fingerprint density at radius 3 is 2.65 bits per heavy atom. The van der Waals surface area contributed by atoms with Crippen molar-refractivity contribution >= 4 is 22.7 Å². The molecule has 4 nitrogen and oxygen atoms in total. The van der Waals surface area contributed by atoms with Crippen LogP contribution in [0.4, 0.5) is 13.2 Å². The number of aliphatic hydroxyl groups excluding tert-OH is 1. The highest BCUT2D eigenvalue weighted by Crippen LogP contribution is 2.76. The van der Waals surface area contributed by atoms with Crippen molar-refractivity contribution in [3.63, 3.8) is 0 Å². The van der Waals surface area contributed by atoms with Crippen molar-refractivity contribution in [2.24, 2.45) is 23.2 Å². The van der Waals surface area contributed by atoms with E-state index < -0.39 is 63.3 Å². The summed E-state index contributed by atoms with van der Waals surface area (Å²) in [5.74, 6) is -2.01. The third-order valence-corrected chi connectivity index (χ3v) is 9.07. The molecule has 31 heavy (non-hydrogen) atoms. The quantitative estimate of drug-likeness (QED) is 0.626. The van der Waals surface area contributed by atoms with Crippen molar-refractivity contribution < 1.29 is 32.6 Å². The van der Waals surface area contributed by atoms with E-state index in [1.165, 1.54) is 19.1 Å². The number of aliphatic hydroxyl groups is 1. The second kappa shape index (κ2) is 7.19. The highest BCUT2D eigenvalue weighted by molar-refractivity contribution is 8.13. The predicted molar refractivity (Wildman–Crippen MR) is 112 cm³/mol. The molecule has 172 valence electrons. The highest BCUT2D eigenvalue weighted by atomic mass is 32.2. The first-order valence-corrected chi connectivity index (χ1v) is 12.0. The Bertz CT molecular complexity index is 877. The van der Waals surface area contributed by atoms with Crippen LogP contribution < -0.4 is 0 Å². The number of ether oxygens (including phenoxy) is 1. The SMILES string of the molecule is CC.C[C@@H]1C[C@H]2C3C[C@H](F)C4=CC(=O)C=CC4(C)[C@@]3(F)C(O)CC23O[C@]13C(=O)SCF. The van der Waals surface area contributed by atoms with Gasteiger partial charge in [0.2, 0.25) is 5.12 Å². The fraction of sp³-hybridized carbons (Fsp3) is 0.739. The summed E-state index contributed by atoms with van der Waals surface area (Å²) >= 11 is 0.533. The molecule has 1 saturated heterocycles. The van der Waals surface area contributed by atoms with Gasteiger partial charge in [0.25, 0.3) is 0 Å². The van der Waals surface area contributed by atoms with Crippen LogP contribution in [0.2, 0.25) is 0 Å². The minimum absolute atomic E-state index is 0.0665. The fourth-order valence-electron chi connectivity index (χ4n) is 7.13. The molecule has 1 spiro atoms. The molecule has 1 N–H and O–H groups in total. The molecular formula is C23H29F3O4S. The number of fused-ring (bicyclic) bond motifs is 4. The summed E-state index contributed by atoms with van der Waals surface area (Å²) in [4.78, 5) is 24.5.